The van der Waals surface area contributed by atoms with Crippen molar-refractivity contribution in [1.82, 2.24) is 9.97 Å². The van der Waals surface area contributed by atoms with Crippen LogP contribution in [0.5, 0.6) is 0 Å². The standard InChI is InChI=1S/C25H31N5O3/c1-25(2,3)33-24(31)19-5-4-10-30(19)20-15-21(29-11-13-32-14-12-29)28-23-18(20)7-9-27-22(23)17-6-8-26-16-17/h6-9,15,19H,4-5,10-14,16H2,1-3H3/t19-/m0/s1. The van der Waals surface area contributed by atoms with Crippen LogP contribution in [0.2, 0.25) is 0 Å². The van der Waals surface area contributed by atoms with Crippen molar-refractivity contribution in [3.8, 4) is 0 Å². The van der Waals surface area contributed by atoms with E-state index in [1.54, 1.807) is 0 Å². The van der Waals surface area contributed by atoms with E-state index in [-0.39, 0.29) is 12.0 Å². The fraction of sp³-hybridized carbons (Fsp3) is 0.520. The van der Waals surface area contributed by atoms with Crippen LogP contribution in [0, 0.1) is 0 Å². The van der Waals surface area contributed by atoms with Gasteiger partial charge in [-0.2, -0.15) is 0 Å². The lowest BCUT2D eigenvalue weighted by Gasteiger charge is -2.32. The van der Waals surface area contributed by atoms with Crippen LogP contribution in [-0.2, 0) is 14.3 Å². The van der Waals surface area contributed by atoms with Gasteiger partial charge in [0.25, 0.3) is 0 Å². The van der Waals surface area contributed by atoms with Crippen molar-refractivity contribution >= 4 is 40.2 Å². The highest BCUT2D eigenvalue weighted by atomic mass is 16.6. The van der Waals surface area contributed by atoms with Gasteiger partial charge in [-0.1, -0.05) is 0 Å². The third-order valence-electron chi connectivity index (χ3n) is 6.22. The number of hydrogen-bond donors (Lipinski definition) is 0. The van der Waals surface area contributed by atoms with Gasteiger partial charge in [0.05, 0.1) is 31.1 Å². The first-order valence-corrected chi connectivity index (χ1v) is 11.7. The van der Waals surface area contributed by atoms with Gasteiger partial charge in [0, 0.05) is 49.1 Å². The van der Waals surface area contributed by atoms with Gasteiger partial charge in [-0.15, -0.1) is 0 Å². The van der Waals surface area contributed by atoms with Crippen molar-refractivity contribution in [2.45, 2.75) is 45.3 Å². The number of carbonyl (C=O) groups is 1. The van der Waals surface area contributed by atoms with Crippen molar-refractivity contribution in [2.24, 2.45) is 4.99 Å². The molecule has 0 unspecified atom stereocenters. The van der Waals surface area contributed by atoms with Crippen LogP contribution >= 0.6 is 0 Å². The van der Waals surface area contributed by atoms with Crippen LogP contribution in [0.3, 0.4) is 0 Å². The Balaban J connectivity index is 1.62. The van der Waals surface area contributed by atoms with Crippen LogP contribution < -0.4 is 9.80 Å². The average Bonchev–Trinajstić information content (AvgIpc) is 3.50. The number of rotatable bonds is 4. The second-order valence-corrected chi connectivity index (χ2v) is 9.72. The number of hydrogen-bond acceptors (Lipinski definition) is 8. The predicted molar refractivity (Wildman–Crippen MR) is 130 cm³/mol. The van der Waals surface area contributed by atoms with E-state index in [4.69, 9.17) is 14.5 Å². The molecule has 5 rings (SSSR count). The first-order chi connectivity index (χ1) is 15.9. The molecule has 174 valence electrons. The minimum Gasteiger partial charge on any atom is -0.458 e. The summed E-state index contributed by atoms with van der Waals surface area (Å²) in [6.45, 7) is 10.1. The molecule has 0 bridgehead atoms. The van der Waals surface area contributed by atoms with Gasteiger partial charge in [0.15, 0.2) is 0 Å². The lowest BCUT2D eigenvalue weighted by Crippen LogP contribution is -2.41. The van der Waals surface area contributed by atoms with E-state index in [1.807, 2.05) is 45.3 Å². The second kappa shape index (κ2) is 8.74. The molecular formula is C25H31N5O3. The van der Waals surface area contributed by atoms with E-state index in [9.17, 15) is 4.79 Å². The Hall–Kier alpha value is -3.00. The topological polar surface area (TPSA) is 80.2 Å². The van der Waals surface area contributed by atoms with Gasteiger partial charge in [-0.05, 0) is 45.8 Å². The van der Waals surface area contributed by atoms with Crippen LogP contribution in [-0.4, -0.2) is 73.2 Å². The van der Waals surface area contributed by atoms with Crippen molar-refractivity contribution in [3.63, 3.8) is 0 Å². The molecule has 0 amide bonds. The highest BCUT2D eigenvalue weighted by molar-refractivity contribution is 6.02. The Morgan fingerprint density at radius 1 is 1.21 bits per heavy atom. The number of morpholine rings is 1. The molecule has 0 radical (unpaired) electrons. The Kier molecular flexibility index (Phi) is 5.78. The highest BCUT2D eigenvalue weighted by Crippen LogP contribution is 2.37. The summed E-state index contributed by atoms with van der Waals surface area (Å²) < 4.78 is 11.3. The Morgan fingerprint density at radius 3 is 2.76 bits per heavy atom. The smallest absolute Gasteiger partial charge is 0.329 e. The second-order valence-electron chi connectivity index (χ2n) is 9.72. The number of fused-ring (bicyclic) bond motifs is 1. The quantitative estimate of drug-likeness (QED) is 0.663. The number of allylic oxidation sites excluding steroid dienone is 1. The molecule has 8 heteroatoms. The van der Waals surface area contributed by atoms with E-state index in [2.05, 4.69) is 25.8 Å². The van der Waals surface area contributed by atoms with Crippen LogP contribution in [0.1, 0.15) is 39.3 Å². The predicted octanol–water partition coefficient (Wildman–Crippen LogP) is 3.24. The molecule has 2 fully saturated rings. The molecule has 33 heavy (non-hydrogen) atoms. The summed E-state index contributed by atoms with van der Waals surface area (Å²) in [4.78, 5) is 31.7. The fourth-order valence-corrected chi connectivity index (χ4v) is 4.72. The largest absolute Gasteiger partial charge is 0.458 e. The number of aliphatic imine (C=N–C) groups is 1. The molecule has 8 nitrogen and oxygen atoms in total. The summed E-state index contributed by atoms with van der Waals surface area (Å²) in [6.07, 6.45) is 7.38. The summed E-state index contributed by atoms with van der Waals surface area (Å²) in [7, 11) is 0. The minimum atomic E-state index is -0.517. The number of carbonyl (C=O) groups excluding carboxylic acids is 1. The molecule has 3 aliphatic rings. The van der Waals surface area contributed by atoms with Crippen LogP contribution in [0.25, 0.3) is 16.5 Å². The third kappa shape index (κ3) is 4.44. The number of pyridine rings is 2. The van der Waals surface area contributed by atoms with Gasteiger partial charge < -0.3 is 19.3 Å². The third-order valence-corrected chi connectivity index (χ3v) is 6.22. The molecule has 1 atom stereocenters. The molecule has 2 aromatic rings. The van der Waals surface area contributed by atoms with E-state index >= 15 is 0 Å². The van der Waals surface area contributed by atoms with Crippen molar-refractivity contribution in [1.29, 1.82) is 0 Å². The van der Waals surface area contributed by atoms with Crippen LogP contribution in [0.4, 0.5) is 11.5 Å². The van der Waals surface area contributed by atoms with E-state index in [0.29, 0.717) is 19.8 Å². The molecule has 0 N–H and O–H groups in total. The number of nitrogens with zero attached hydrogens (tertiary/aromatic N) is 5. The number of aromatic nitrogens is 2. The monoisotopic (exact) mass is 449 g/mol. The summed E-state index contributed by atoms with van der Waals surface area (Å²) in [5, 5.41) is 1.00. The molecule has 0 aliphatic carbocycles. The Labute approximate surface area is 194 Å². The van der Waals surface area contributed by atoms with Gasteiger partial charge in [0.1, 0.15) is 23.0 Å². The molecular weight excluding hydrogens is 418 g/mol. The molecule has 2 aromatic heterocycles. The number of ether oxygens (including phenoxy) is 2. The first kappa shape index (κ1) is 21.8. The van der Waals surface area contributed by atoms with E-state index in [0.717, 1.165) is 66.2 Å². The normalized spacial score (nSPS) is 21.1. The molecule has 0 spiro atoms. The molecule has 5 heterocycles. The lowest BCUT2D eigenvalue weighted by atomic mass is 10.1. The van der Waals surface area contributed by atoms with E-state index in [1.165, 1.54) is 0 Å². The zero-order valence-corrected chi connectivity index (χ0v) is 19.6. The SMILES string of the molecule is CC(C)(C)OC(=O)[C@@H]1CCCN1c1cc(N2CCOCC2)nc2c(C3=CC=NC3)nccc12. The number of esters is 1. The summed E-state index contributed by atoms with van der Waals surface area (Å²) >= 11 is 0. The average molecular weight is 450 g/mol. The molecule has 2 saturated heterocycles. The van der Waals surface area contributed by atoms with Crippen molar-refractivity contribution in [2.75, 3.05) is 49.2 Å². The molecule has 3 aliphatic heterocycles. The van der Waals surface area contributed by atoms with Gasteiger partial charge in [-0.3, -0.25) is 9.98 Å². The van der Waals surface area contributed by atoms with E-state index < -0.39 is 5.60 Å². The maximum absolute atomic E-state index is 13.1. The van der Waals surface area contributed by atoms with Gasteiger partial charge in [-0.25, -0.2) is 9.78 Å². The maximum atomic E-state index is 13.1. The van der Waals surface area contributed by atoms with Crippen molar-refractivity contribution in [3.05, 3.63) is 30.1 Å². The molecule has 0 saturated carbocycles. The minimum absolute atomic E-state index is 0.168. The zero-order chi connectivity index (χ0) is 23.0. The highest BCUT2D eigenvalue weighted by Gasteiger charge is 2.36. The number of anilines is 2. The van der Waals surface area contributed by atoms with Crippen LogP contribution in [0.15, 0.2) is 29.4 Å². The summed E-state index contributed by atoms with van der Waals surface area (Å²) in [5.41, 5.74) is 3.26. The summed E-state index contributed by atoms with van der Waals surface area (Å²) in [6, 6.07) is 3.82. The van der Waals surface area contributed by atoms with Gasteiger partial charge in [0.2, 0.25) is 0 Å². The molecule has 0 aromatic carbocycles. The first-order valence-electron chi connectivity index (χ1n) is 11.7. The van der Waals surface area contributed by atoms with Crippen molar-refractivity contribution < 1.29 is 14.3 Å². The lowest BCUT2D eigenvalue weighted by molar-refractivity contribution is -0.156. The Morgan fingerprint density at radius 2 is 2.03 bits per heavy atom. The maximum Gasteiger partial charge on any atom is 0.329 e. The summed E-state index contributed by atoms with van der Waals surface area (Å²) in [5.74, 6) is 0.725. The van der Waals surface area contributed by atoms with Gasteiger partial charge >= 0.3 is 5.97 Å². The zero-order valence-electron chi connectivity index (χ0n) is 19.6. The Bertz CT molecular complexity index is 1110. The fourth-order valence-electron chi connectivity index (χ4n) is 4.72.